The number of rotatable bonds is 8. The largest absolute Gasteiger partial charge is 0.331 e. The second-order valence-electron chi connectivity index (χ2n) is 18.0. The monoisotopic (exact) mass is 887 g/mol. The van der Waals surface area contributed by atoms with Gasteiger partial charge in [-0.3, -0.25) is 48.1 Å². The Morgan fingerprint density at radius 3 is 1.11 bits per heavy atom. The maximum absolute atomic E-state index is 13.8. The van der Waals surface area contributed by atoms with Crippen LogP contribution in [0, 0.1) is 34.1 Å². The van der Waals surface area contributed by atoms with Crippen LogP contribution in [0.3, 0.4) is 0 Å². The van der Waals surface area contributed by atoms with Gasteiger partial charge in [0, 0.05) is 61.8 Å². The summed E-state index contributed by atoms with van der Waals surface area (Å²) in [4.78, 5) is 77.3. The fourth-order valence-electron chi connectivity index (χ4n) is 9.75. The van der Waals surface area contributed by atoms with Crippen molar-refractivity contribution in [2.75, 3.05) is 39.3 Å². The van der Waals surface area contributed by atoms with E-state index in [1.807, 2.05) is 24.3 Å². The Hall–Kier alpha value is -5.48. The molecule has 1 aliphatic rings. The fraction of sp³-hybridized carbons (Fsp3) is 0.583. The van der Waals surface area contributed by atoms with E-state index in [-0.39, 0.29) is 43.7 Å². The van der Waals surface area contributed by atoms with Crippen LogP contribution in [0.15, 0.2) is 79.8 Å². The molecule has 2 aromatic heterocycles. The molecule has 0 saturated carbocycles. The molecule has 16 heteroatoms. The third kappa shape index (κ3) is 12.8. The molecule has 0 N–H and O–H groups in total. The molecule has 0 aliphatic carbocycles. The first kappa shape index (κ1) is 49.5. The smallest absolute Gasteiger partial charge is 0.320 e. The molecule has 5 rings (SSSR count). The molecule has 4 aromatic rings. The van der Waals surface area contributed by atoms with Crippen LogP contribution >= 0.6 is 0 Å². The Bertz CT molecular complexity index is 2350. The molecule has 2 aromatic carbocycles. The average Bonchev–Trinajstić information content (AvgIpc) is 3.26. The van der Waals surface area contributed by atoms with Gasteiger partial charge in [0.05, 0.1) is 60.2 Å². The number of nitro groups is 2. The molecule has 3 heterocycles. The second-order valence-corrected chi connectivity index (χ2v) is 18.0. The zero-order valence-corrected chi connectivity index (χ0v) is 38.6. The first-order valence-electron chi connectivity index (χ1n) is 23.5. The highest BCUT2D eigenvalue weighted by atomic mass is 16.6. The summed E-state index contributed by atoms with van der Waals surface area (Å²) < 4.78 is 7.40. The van der Waals surface area contributed by atoms with Gasteiger partial charge in [-0.2, -0.15) is 0 Å². The van der Waals surface area contributed by atoms with Crippen molar-refractivity contribution in [1.82, 2.24) is 18.3 Å². The van der Waals surface area contributed by atoms with Gasteiger partial charge in [0.2, 0.25) is 0 Å². The third-order valence-electron chi connectivity index (χ3n) is 13.8. The van der Waals surface area contributed by atoms with Crippen LogP contribution in [0.25, 0.3) is 0 Å². The van der Waals surface area contributed by atoms with Gasteiger partial charge in [-0.15, -0.1) is 0 Å². The minimum atomic E-state index is -0.326. The zero-order valence-electron chi connectivity index (χ0n) is 38.6. The van der Waals surface area contributed by atoms with E-state index in [9.17, 15) is 39.4 Å². The second kappa shape index (κ2) is 23.4. The Morgan fingerprint density at radius 2 is 0.797 bits per heavy atom. The van der Waals surface area contributed by atoms with Crippen molar-refractivity contribution in [1.29, 1.82) is 0 Å². The van der Waals surface area contributed by atoms with Gasteiger partial charge in [-0.05, 0) is 117 Å². The topological polar surface area (TPSA) is 174 Å². The highest BCUT2D eigenvalue weighted by Crippen LogP contribution is 2.27. The normalized spacial score (nSPS) is 20.4. The van der Waals surface area contributed by atoms with E-state index in [1.165, 1.54) is 9.13 Å². The number of para-hydroxylation sites is 2. The number of benzene rings is 2. The number of hydrogen-bond acceptors (Lipinski definition) is 8. The SMILES string of the molecule is CC[N+]1(Cc2ccccc2[N+](=O)[O-])CCCCCn2c(C)cc(=O)n(c2=O)CCCCC[N+](CC)(Cc2ccccc2[N+](=O)[O-])CCCCCn2c(=O)cc(C)n(c2=O)CCCCC1. The van der Waals surface area contributed by atoms with Gasteiger partial charge in [0.15, 0.2) is 0 Å². The lowest BCUT2D eigenvalue weighted by Gasteiger charge is -2.38. The van der Waals surface area contributed by atoms with Crippen molar-refractivity contribution in [2.45, 2.75) is 144 Å². The molecule has 0 unspecified atom stereocenters. The quantitative estimate of drug-likeness (QED) is 0.101. The van der Waals surface area contributed by atoms with Gasteiger partial charge in [-0.25, -0.2) is 9.59 Å². The van der Waals surface area contributed by atoms with E-state index in [1.54, 1.807) is 59.4 Å². The minimum absolute atomic E-state index is 0.102. The predicted molar refractivity (Wildman–Crippen MR) is 249 cm³/mol. The summed E-state index contributed by atoms with van der Waals surface area (Å²) in [5, 5.41) is 24.0. The van der Waals surface area contributed by atoms with Crippen molar-refractivity contribution in [3.05, 3.63) is 145 Å². The van der Waals surface area contributed by atoms with Gasteiger partial charge in [0.1, 0.15) is 13.1 Å². The molecule has 16 nitrogen and oxygen atoms in total. The Balaban J connectivity index is 1.39. The maximum Gasteiger partial charge on any atom is 0.331 e. The third-order valence-corrected chi connectivity index (χ3v) is 13.8. The summed E-state index contributed by atoms with van der Waals surface area (Å²) >= 11 is 0. The van der Waals surface area contributed by atoms with E-state index in [0.717, 1.165) is 103 Å². The molecule has 4 bridgehead atoms. The number of quaternary nitrogens is 2. The Kier molecular flexibility index (Phi) is 18.1. The summed E-state index contributed by atoms with van der Waals surface area (Å²) in [6.07, 6.45) is 9.26. The molecule has 64 heavy (non-hydrogen) atoms. The molecular weight excluding hydrogens is 817 g/mol. The van der Waals surface area contributed by atoms with Crippen LogP contribution in [0.1, 0.15) is 113 Å². The van der Waals surface area contributed by atoms with Crippen LogP contribution in [-0.4, -0.2) is 76.3 Å². The minimum Gasteiger partial charge on any atom is -0.320 e. The zero-order chi connectivity index (χ0) is 46.3. The highest BCUT2D eigenvalue weighted by molar-refractivity contribution is 5.40. The number of fused-ring (bicyclic) bond motifs is 4. The fourth-order valence-corrected chi connectivity index (χ4v) is 9.75. The standard InChI is InChI=1S/C48H70N8O8/c1-5-55(37-41-23-11-13-25-43(41)53(61)62)31-19-7-15-27-49-39(3)35-45(57)51(47(49)59)29-17-9-21-33-56(6-2,38-42-24-12-14-26-44(42)54(63)64)34-22-10-18-30-52-46(58)36-40(4)50(48(52)60)28-16-8-20-32-55/h11-14,23-26,35-36H,5-10,15-22,27-34,37-38H2,1-4H3/q+2. The van der Waals surface area contributed by atoms with E-state index in [2.05, 4.69) is 13.8 Å². The molecule has 0 fully saturated rings. The predicted octanol–water partition coefficient (Wildman–Crippen LogP) is 7.24. The van der Waals surface area contributed by atoms with Gasteiger partial charge < -0.3 is 8.97 Å². The molecule has 0 amide bonds. The molecule has 348 valence electrons. The lowest BCUT2D eigenvalue weighted by atomic mass is 10.1. The summed E-state index contributed by atoms with van der Waals surface area (Å²) in [6.45, 7) is 15.1. The average molecular weight is 887 g/mol. The molecule has 1 aliphatic heterocycles. The molecule has 0 atom stereocenters. The summed E-state index contributed by atoms with van der Waals surface area (Å²) in [5.41, 5.74) is 1.68. The molecule has 0 saturated heterocycles. The number of hydrogen-bond donors (Lipinski definition) is 0. The lowest BCUT2D eigenvalue weighted by Crippen LogP contribution is -2.48. The van der Waals surface area contributed by atoms with Gasteiger partial charge in [-0.1, -0.05) is 24.3 Å². The first-order chi connectivity index (χ1) is 30.7. The van der Waals surface area contributed by atoms with Crippen LogP contribution < -0.4 is 22.5 Å². The lowest BCUT2D eigenvalue weighted by molar-refractivity contribution is -0.939. The number of aryl methyl sites for hydroxylation is 2. The van der Waals surface area contributed by atoms with E-state index < -0.39 is 0 Å². The maximum atomic E-state index is 13.8. The van der Waals surface area contributed by atoms with Crippen molar-refractivity contribution in [3.63, 3.8) is 0 Å². The van der Waals surface area contributed by atoms with Crippen molar-refractivity contribution < 1.29 is 18.8 Å². The summed E-state index contributed by atoms with van der Waals surface area (Å²) in [6, 6.07) is 16.9. The van der Waals surface area contributed by atoms with Crippen molar-refractivity contribution >= 4 is 11.4 Å². The van der Waals surface area contributed by atoms with Crippen LogP contribution in [0.2, 0.25) is 0 Å². The molecular formula is C48H70N8O8+2. The molecule has 0 radical (unpaired) electrons. The Labute approximate surface area is 375 Å². The van der Waals surface area contributed by atoms with E-state index in [4.69, 9.17) is 0 Å². The van der Waals surface area contributed by atoms with Crippen molar-refractivity contribution in [2.24, 2.45) is 0 Å². The van der Waals surface area contributed by atoms with Crippen LogP contribution in [0.5, 0.6) is 0 Å². The Morgan fingerprint density at radius 1 is 0.484 bits per heavy atom. The van der Waals surface area contributed by atoms with Crippen molar-refractivity contribution in [3.8, 4) is 0 Å². The van der Waals surface area contributed by atoms with Gasteiger partial charge in [0.25, 0.3) is 22.5 Å². The first-order valence-corrected chi connectivity index (χ1v) is 23.5. The van der Waals surface area contributed by atoms with E-state index >= 15 is 0 Å². The number of nitrogens with zero attached hydrogens (tertiary/aromatic N) is 8. The summed E-state index contributed by atoms with van der Waals surface area (Å²) in [7, 11) is 0. The van der Waals surface area contributed by atoms with E-state index in [0.29, 0.717) is 83.6 Å². The molecule has 0 spiro atoms. The van der Waals surface area contributed by atoms with Crippen LogP contribution in [0.4, 0.5) is 11.4 Å². The number of nitro benzene ring substituents is 2. The summed E-state index contributed by atoms with van der Waals surface area (Å²) in [5.74, 6) is 0. The van der Waals surface area contributed by atoms with Crippen LogP contribution in [-0.2, 0) is 39.3 Å². The highest BCUT2D eigenvalue weighted by Gasteiger charge is 2.30. The number of aromatic nitrogens is 4. The van der Waals surface area contributed by atoms with Gasteiger partial charge >= 0.3 is 11.4 Å².